The van der Waals surface area contributed by atoms with Crippen LogP contribution >= 0.6 is 0 Å². The number of carbonyl (C=O) groups excluding carboxylic acids is 2. The fourth-order valence-corrected chi connectivity index (χ4v) is 4.28. The maximum absolute atomic E-state index is 13.8. The summed E-state index contributed by atoms with van der Waals surface area (Å²) in [5.41, 5.74) is 3.55. The molecule has 1 aliphatic heterocycles. The highest BCUT2D eigenvalue weighted by Gasteiger charge is 2.48. The molecule has 2 aromatic rings. The lowest BCUT2D eigenvalue weighted by Crippen LogP contribution is -2.35. The average Bonchev–Trinajstić information content (AvgIpc) is 2.96. The van der Waals surface area contributed by atoms with Crippen molar-refractivity contribution in [3.63, 3.8) is 0 Å². The molecule has 0 aromatic heterocycles. The van der Waals surface area contributed by atoms with Gasteiger partial charge in [0.2, 0.25) is 5.91 Å². The van der Waals surface area contributed by atoms with Gasteiger partial charge in [-0.15, -0.1) is 0 Å². The lowest BCUT2D eigenvalue weighted by Gasteiger charge is -2.27. The normalized spacial score (nSPS) is 18.8. The molecule has 1 atom stereocenters. The molecule has 1 heterocycles. The van der Waals surface area contributed by atoms with Gasteiger partial charge in [-0.1, -0.05) is 74.0 Å². The van der Waals surface area contributed by atoms with Crippen LogP contribution in [0.4, 0.5) is 0 Å². The molecule has 0 bridgehead atoms. The minimum atomic E-state index is -0.706. The Morgan fingerprint density at radius 2 is 1.63 bits per heavy atom. The van der Waals surface area contributed by atoms with Gasteiger partial charge in [-0.25, -0.2) is 0 Å². The number of hydrogen-bond donors (Lipinski definition) is 0. The number of amides is 1. The molecular weight excluding hydrogens is 374 g/mol. The van der Waals surface area contributed by atoms with E-state index in [0.29, 0.717) is 19.6 Å². The molecule has 1 aliphatic rings. The lowest BCUT2D eigenvalue weighted by atomic mass is 9.76. The summed E-state index contributed by atoms with van der Waals surface area (Å²) in [5.74, 6) is -0.178. The second-order valence-electron chi connectivity index (χ2n) is 7.96. The van der Waals surface area contributed by atoms with E-state index >= 15 is 0 Å². The SMILES string of the molecule is CCCC1=C(c2ccccc2)N(Cc2ccccc2)C(=O)C1(C)CCC(=O)OCC. The van der Waals surface area contributed by atoms with Gasteiger partial charge >= 0.3 is 5.97 Å². The van der Waals surface area contributed by atoms with Gasteiger partial charge in [-0.05, 0) is 43.4 Å². The predicted octanol–water partition coefficient (Wildman–Crippen LogP) is 5.59. The van der Waals surface area contributed by atoms with E-state index in [2.05, 4.69) is 19.1 Å². The van der Waals surface area contributed by atoms with Crippen LogP contribution in [0.25, 0.3) is 5.70 Å². The summed E-state index contributed by atoms with van der Waals surface area (Å²) in [4.78, 5) is 27.8. The largest absolute Gasteiger partial charge is 0.466 e. The van der Waals surface area contributed by atoms with Crippen LogP contribution in [0.5, 0.6) is 0 Å². The average molecular weight is 406 g/mol. The summed E-state index contributed by atoms with van der Waals surface area (Å²) in [6.07, 6.45) is 2.46. The predicted molar refractivity (Wildman–Crippen MR) is 119 cm³/mol. The Morgan fingerprint density at radius 3 is 2.23 bits per heavy atom. The molecule has 0 saturated heterocycles. The molecule has 0 saturated carbocycles. The molecule has 0 spiro atoms. The van der Waals surface area contributed by atoms with E-state index in [-0.39, 0.29) is 18.3 Å². The zero-order valence-corrected chi connectivity index (χ0v) is 18.2. The van der Waals surface area contributed by atoms with Gasteiger partial charge in [0.15, 0.2) is 0 Å². The molecule has 0 radical (unpaired) electrons. The van der Waals surface area contributed by atoms with Crippen molar-refractivity contribution in [2.24, 2.45) is 5.41 Å². The zero-order valence-electron chi connectivity index (χ0n) is 18.2. The summed E-state index contributed by atoms with van der Waals surface area (Å²) < 4.78 is 5.13. The smallest absolute Gasteiger partial charge is 0.305 e. The van der Waals surface area contributed by atoms with E-state index in [1.807, 2.05) is 60.4 Å². The molecule has 158 valence electrons. The first-order chi connectivity index (χ1) is 14.5. The second-order valence-corrected chi connectivity index (χ2v) is 7.96. The van der Waals surface area contributed by atoms with Crippen molar-refractivity contribution in [1.82, 2.24) is 4.90 Å². The van der Waals surface area contributed by atoms with Gasteiger partial charge in [-0.3, -0.25) is 9.59 Å². The third kappa shape index (κ3) is 4.48. The van der Waals surface area contributed by atoms with Crippen LogP contribution in [0.15, 0.2) is 66.2 Å². The van der Waals surface area contributed by atoms with E-state index < -0.39 is 5.41 Å². The van der Waals surface area contributed by atoms with Crippen LogP contribution in [-0.2, 0) is 20.9 Å². The van der Waals surface area contributed by atoms with Gasteiger partial charge in [0, 0.05) is 6.42 Å². The third-order valence-electron chi connectivity index (χ3n) is 5.80. The van der Waals surface area contributed by atoms with Crippen molar-refractivity contribution < 1.29 is 14.3 Å². The van der Waals surface area contributed by atoms with Crippen molar-refractivity contribution in [2.45, 2.75) is 53.0 Å². The Bertz CT molecular complexity index is 904. The van der Waals surface area contributed by atoms with Crippen LogP contribution in [0.3, 0.4) is 0 Å². The summed E-state index contributed by atoms with van der Waals surface area (Å²) in [6, 6.07) is 20.2. The van der Waals surface area contributed by atoms with E-state index in [9.17, 15) is 9.59 Å². The number of esters is 1. The molecule has 3 rings (SSSR count). The first kappa shape index (κ1) is 21.8. The Kier molecular flexibility index (Phi) is 7.09. The minimum Gasteiger partial charge on any atom is -0.466 e. The van der Waals surface area contributed by atoms with E-state index in [1.54, 1.807) is 6.92 Å². The fourth-order valence-electron chi connectivity index (χ4n) is 4.28. The van der Waals surface area contributed by atoms with Crippen LogP contribution < -0.4 is 0 Å². The second kappa shape index (κ2) is 9.75. The van der Waals surface area contributed by atoms with Crippen molar-refractivity contribution in [2.75, 3.05) is 6.61 Å². The van der Waals surface area contributed by atoms with Gasteiger partial charge < -0.3 is 9.64 Å². The molecule has 0 aliphatic carbocycles. The van der Waals surface area contributed by atoms with Crippen LogP contribution in [0, 0.1) is 5.41 Å². The maximum atomic E-state index is 13.8. The standard InChI is InChI=1S/C26H31NO3/c1-4-12-22-24(21-15-10-7-11-16-21)27(19-20-13-8-6-9-14-20)25(29)26(22,3)18-17-23(28)30-5-2/h6-11,13-16H,4-5,12,17-19H2,1-3H3. The molecule has 1 unspecified atom stereocenters. The Morgan fingerprint density at radius 1 is 1.00 bits per heavy atom. The number of nitrogens with zero attached hydrogens (tertiary/aromatic N) is 1. The van der Waals surface area contributed by atoms with Crippen molar-refractivity contribution in [1.29, 1.82) is 0 Å². The first-order valence-corrected chi connectivity index (χ1v) is 10.8. The van der Waals surface area contributed by atoms with Gasteiger partial charge in [0.05, 0.1) is 24.3 Å². The highest BCUT2D eigenvalue weighted by atomic mass is 16.5. The first-order valence-electron chi connectivity index (χ1n) is 10.8. The van der Waals surface area contributed by atoms with Crippen LogP contribution in [0.2, 0.25) is 0 Å². The topological polar surface area (TPSA) is 46.6 Å². The summed E-state index contributed by atoms with van der Waals surface area (Å²) in [7, 11) is 0. The molecule has 4 nitrogen and oxygen atoms in total. The third-order valence-corrected chi connectivity index (χ3v) is 5.80. The Hall–Kier alpha value is -2.88. The van der Waals surface area contributed by atoms with Gasteiger partial charge in [0.1, 0.15) is 0 Å². The minimum absolute atomic E-state index is 0.0676. The highest BCUT2D eigenvalue weighted by Crippen LogP contribution is 2.49. The molecule has 1 amide bonds. The number of hydrogen-bond acceptors (Lipinski definition) is 3. The molecule has 4 heteroatoms. The number of benzene rings is 2. The summed E-state index contributed by atoms with van der Waals surface area (Å²) in [6.45, 7) is 6.81. The zero-order chi connectivity index (χ0) is 21.6. The van der Waals surface area contributed by atoms with E-state index in [0.717, 1.165) is 35.2 Å². The van der Waals surface area contributed by atoms with Crippen molar-refractivity contribution >= 4 is 17.6 Å². The Balaban J connectivity index is 2.05. The molecule has 0 fully saturated rings. The molecule has 2 aromatic carbocycles. The van der Waals surface area contributed by atoms with Gasteiger partial charge in [-0.2, -0.15) is 0 Å². The van der Waals surface area contributed by atoms with E-state index in [1.165, 1.54) is 0 Å². The number of carbonyl (C=O) groups is 2. The van der Waals surface area contributed by atoms with E-state index in [4.69, 9.17) is 4.74 Å². The fraction of sp³-hybridized carbons (Fsp3) is 0.385. The van der Waals surface area contributed by atoms with Crippen LogP contribution in [0.1, 0.15) is 57.6 Å². The van der Waals surface area contributed by atoms with Gasteiger partial charge in [0.25, 0.3) is 0 Å². The quantitative estimate of drug-likeness (QED) is 0.511. The maximum Gasteiger partial charge on any atom is 0.305 e. The molecule has 0 N–H and O–H groups in total. The Labute approximate surface area is 179 Å². The summed E-state index contributed by atoms with van der Waals surface area (Å²) in [5, 5.41) is 0. The highest BCUT2D eigenvalue weighted by molar-refractivity contribution is 6.00. The summed E-state index contributed by atoms with van der Waals surface area (Å²) >= 11 is 0. The molecular formula is C26H31NO3. The van der Waals surface area contributed by atoms with Crippen molar-refractivity contribution in [3.8, 4) is 0 Å². The van der Waals surface area contributed by atoms with Crippen LogP contribution in [-0.4, -0.2) is 23.4 Å². The van der Waals surface area contributed by atoms with Crippen molar-refractivity contribution in [3.05, 3.63) is 77.4 Å². The number of rotatable bonds is 9. The molecule has 30 heavy (non-hydrogen) atoms. The number of ether oxygens (including phenoxy) is 1. The lowest BCUT2D eigenvalue weighted by molar-refractivity contribution is -0.144. The monoisotopic (exact) mass is 405 g/mol.